The zero-order valence-electron chi connectivity index (χ0n) is 39.1. The van der Waals surface area contributed by atoms with Gasteiger partial charge in [0.1, 0.15) is 72.5 Å². The fraction of sp³-hybridized carbons (Fsp3) is 0.857. The highest BCUT2D eigenvalue weighted by atomic mass is 32.1. The number of fused-ring (bicyclic) bond motifs is 7. The molecule has 0 amide bonds. The molecule has 1 aromatic heterocycles. The number of hydrogen-bond donors (Lipinski definition) is 7. The van der Waals surface area contributed by atoms with Crippen molar-refractivity contribution < 1.29 is 83.2 Å². The number of carbonyl (C=O) groups excluding carboxylic acids is 1. The van der Waals surface area contributed by atoms with Crippen LogP contribution in [0.15, 0.2) is 29.2 Å². The van der Waals surface area contributed by atoms with E-state index in [4.69, 9.17) is 42.6 Å². The lowest BCUT2D eigenvalue weighted by molar-refractivity contribution is -0.380. The minimum Gasteiger partial charge on any atom is -0.459 e. The third kappa shape index (κ3) is 8.41. The Balaban J connectivity index is 0.835. The van der Waals surface area contributed by atoms with Crippen molar-refractivity contribution in [3.05, 3.63) is 34.0 Å². The van der Waals surface area contributed by atoms with Gasteiger partial charge in [-0.05, 0) is 110 Å². The minimum atomic E-state index is -1.73. The third-order valence-electron chi connectivity index (χ3n) is 18.3. The number of esters is 1. The zero-order chi connectivity index (χ0) is 47.3. The first-order chi connectivity index (χ1) is 32.0. The largest absolute Gasteiger partial charge is 0.459 e. The lowest BCUT2D eigenvalue weighted by Crippen LogP contribution is -2.65. The van der Waals surface area contributed by atoms with Gasteiger partial charge in [-0.15, -0.1) is 11.3 Å². The van der Waals surface area contributed by atoms with Crippen molar-refractivity contribution in [2.24, 2.45) is 46.3 Å². The van der Waals surface area contributed by atoms with Crippen molar-refractivity contribution >= 4 is 17.3 Å². The molecule has 5 aliphatic heterocycles. The fourth-order valence-electron chi connectivity index (χ4n) is 14.4. The monoisotopic (exact) mass is 964 g/mol. The Hall–Kier alpha value is -1.69. The van der Waals surface area contributed by atoms with Gasteiger partial charge in [0.25, 0.3) is 0 Å². The van der Waals surface area contributed by atoms with Crippen LogP contribution in [0.4, 0.5) is 0 Å². The molecule has 9 aliphatic rings. The lowest BCUT2D eigenvalue weighted by Gasteiger charge is -2.58. The van der Waals surface area contributed by atoms with Gasteiger partial charge in [-0.2, -0.15) is 0 Å². The molecule has 0 aromatic carbocycles. The number of carbonyl (C=O) groups is 1. The molecule has 0 bridgehead atoms. The smallest absolute Gasteiger partial charge is 0.348 e. The Bertz CT molecular complexity index is 1930. The molecular weight excluding hydrogens is 893 g/mol. The van der Waals surface area contributed by atoms with E-state index in [2.05, 4.69) is 33.8 Å². The number of rotatable bonds is 10. The first-order valence-corrected chi connectivity index (χ1v) is 25.7. The fourth-order valence-corrected chi connectivity index (χ4v) is 15.1. The first kappa shape index (κ1) is 48.9. The van der Waals surface area contributed by atoms with Gasteiger partial charge in [-0.1, -0.05) is 45.4 Å². The SMILES string of the molecule is C[C@@H]1CC[C@@]2(OC1)OC1CC3C4CC=C5C[C@@H](O[C@@H]6O[C@H](CO)[C@@H](O[C@H]7O[C@@H](COC(=O)c8cccs8)[C@H](O)[C@H]7O)[C@H](O)[C@H]6O[C@H]6O[C@@H](C)[C@H](O)[C@@H](O)[C@H]6O)CC[C@]5(C)C4CC[C@]3(C)C1[C@@H]2C. The van der Waals surface area contributed by atoms with E-state index in [0.717, 1.165) is 51.6 Å². The number of allylic oxidation sites excluding steroid dienone is 1. The molecule has 18 heteroatoms. The summed E-state index contributed by atoms with van der Waals surface area (Å²) in [6, 6.07) is 3.28. The molecule has 8 fully saturated rings. The molecular formula is C49H72O17S. The summed E-state index contributed by atoms with van der Waals surface area (Å²) >= 11 is 1.18. The standard InChI is InChI=1S/C49H72O17S/c1-22-10-15-49(59-20-22)23(2)34-30(66-49)18-29-27-9-8-25-17-26(11-13-47(25,4)28(27)12-14-48(29,34)5)61-46-42(65-44-39(55)37(53)35(51)24(3)60-44)40(56)41(31(19-50)62-46)64-45-38(54)36(52)32(63-45)21-58-43(57)33-7-6-16-67-33/h6-8,16,22-24,26-32,34-42,44-46,50-56H,9-15,17-21H2,1-5H3/t22-,23+,24+,26+,27?,28?,29?,30?,31-,32+,34?,35+,36+,37-,38-,39-,40+,41-,42-,44-,45-,46-,47+,48+,49-/m1/s1. The maximum atomic E-state index is 12.5. The summed E-state index contributed by atoms with van der Waals surface area (Å²) in [7, 11) is 0. The second-order valence-electron chi connectivity index (χ2n) is 22.0. The van der Waals surface area contributed by atoms with Crippen molar-refractivity contribution in [1.82, 2.24) is 0 Å². The molecule has 17 nitrogen and oxygen atoms in total. The summed E-state index contributed by atoms with van der Waals surface area (Å²) < 4.78 is 55.9. The van der Waals surface area contributed by atoms with E-state index in [9.17, 15) is 40.5 Å². The number of aliphatic hydroxyl groups excluding tert-OH is 7. The molecule has 6 heterocycles. The van der Waals surface area contributed by atoms with Gasteiger partial charge in [-0.3, -0.25) is 0 Å². The van der Waals surface area contributed by atoms with Gasteiger partial charge >= 0.3 is 5.97 Å². The Kier molecular flexibility index (Phi) is 13.7. The van der Waals surface area contributed by atoms with Crippen LogP contribution in [0, 0.1) is 46.3 Å². The Morgan fingerprint density at radius 2 is 1.55 bits per heavy atom. The highest BCUT2D eigenvalue weighted by Gasteiger charge is 2.69. The summed E-state index contributed by atoms with van der Waals surface area (Å²) in [6.07, 6.45) is -9.52. The molecule has 5 unspecified atom stereocenters. The van der Waals surface area contributed by atoms with Crippen molar-refractivity contribution in [3.8, 4) is 0 Å². The van der Waals surface area contributed by atoms with E-state index < -0.39 is 111 Å². The number of thiophene rings is 1. The van der Waals surface area contributed by atoms with Crippen LogP contribution in [0.25, 0.3) is 0 Å². The van der Waals surface area contributed by atoms with Crippen LogP contribution in [0.5, 0.6) is 0 Å². The van der Waals surface area contributed by atoms with Gasteiger partial charge in [0.2, 0.25) is 0 Å². The Labute approximate surface area is 395 Å². The van der Waals surface area contributed by atoms with Gasteiger partial charge < -0.3 is 78.4 Å². The van der Waals surface area contributed by atoms with E-state index in [1.807, 2.05) is 0 Å². The van der Waals surface area contributed by atoms with Crippen molar-refractivity contribution in [1.29, 1.82) is 0 Å². The quantitative estimate of drug-likeness (QED) is 0.132. The molecule has 10 rings (SSSR count). The van der Waals surface area contributed by atoms with Crippen LogP contribution in [0.1, 0.15) is 102 Å². The topological polar surface area (TPSA) is 242 Å². The molecule has 3 saturated carbocycles. The Morgan fingerprint density at radius 3 is 2.28 bits per heavy atom. The van der Waals surface area contributed by atoms with Crippen LogP contribution in [0.2, 0.25) is 0 Å². The predicted octanol–water partition coefficient (Wildman–Crippen LogP) is 2.78. The molecule has 1 spiro atoms. The molecule has 1 aromatic rings. The van der Waals surface area contributed by atoms with Gasteiger partial charge in [-0.25, -0.2) is 4.79 Å². The average molecular weight is 965 g/mol. The van der Waals surface area contributed by atoms with Crippen LogP contribution in [-0.2, 0) is 42.6 Å². The molecule has 25 atom stereocenters. The Morgan fingerprint density at radius 1 is 0.806 bits per heavy atom. The van der Waals surface area contributed by atoms with Crippen molar-refractivity contribution in [3.63, 3.8) is 0 Å². The van der Waals surface area contributed by atoms with Gasteiger partial charge in [0, 0.05) is 12.3 Å². The summed E-state index contributed by atoms with van der Waals surface area (Å²) in [5, 5.41) is 78.5. The number of ether oxygens (including phenoxy) is 9. The van der Waals surface area contributed by atoms with E-state index >= 15 is 0 Å². The molecule has 4 aliphatic carbocycles. The number of aliphatic hydroxyl groups is 7. The van der Waals surface area contributed by atoms with Crippen LogP contribution in [0.3, 0.4) is 0 Å². The molecule has 7 N–H and O–H groups in total. The molecule has 0 radical (unpaired) electrons. The van der Waals surface area contributed by atoms with Gasteiger partial charge in [0.05, 0.1) is 31.5 Å². The average Bonchev–Trinajstić information content (AvgIpc) is 4.08. The van der Waals surface area contributed by atoms with Crippen molar-refractivity contribution in [2.75, 3.05) is 19.8 Å². The van der Waals surface area contributed by atoms with Crippen molar-refractivity contribution in [2.45, 2.75) is 196 Å². The van der Waals surface area contributed by atoms with Crippen LogP contribution in [-0.4, -0.2) is 166 Å². The second-order valence-corrected chi connectivity index (χ2v) is 22.9. The summed E-state index contributed by atoms with van der Waals surface area (Å²) in [4.78, 5) is 12.8. The maximum Gasteiger partial charge on any atom is 0.348 e. The number of hydrogen-bond acceptors (Lipinski definition) is 18. The highest BCUT2D eigenvalue weighted by Crippen LogP contribution is 2.70. The molecule has 376 valence electrons. The van der Waals surface area contributed by atoms with Crippen LogP contribution >= 0.6 is 11.3 Å². The van der Waals surface area contributed by atoms with Gasteiger partial charge in [0.15, 0.2) is 24.7 Å². The maximum absolute atomic E-state index is 12.5. The molecule has 67 heavy (non-hydrogen) atoms. The zero-order valence-corrected chi connectivity index (χ0v) is 39.9. The minimum absolute atomic E-state index is 0.0342. The second kappa shape index (κ2) is 18.7. The normalized spacial score (nSPS) is 52.8. The van der Waals surface area contributed by atoms with E-state index in [0.29, 0.717) is 53.2 Å². The van der Waals surface area contributed by atoms with E-state index in [-0.39, 0.29) is 23.0 Å². The summed E-state index contributed by atoms with van der Waals surface area (Å²) in [5.74, 6) is 1.94. The van der Waals surface area contributed by atoms with E-state index in [1.54, 1.807) is 17.5 Å². The van der Waals surface area contributed by atoms with E-state index in [1.165, 1.54) is 23.8 Å². The first-order valence-electron chi connectivity index (χ1n) is 24.8. The van der Waals surface area contributed by atoms with Crippen LogP contribution < -0.4 is 0 Å². The molecule has 5 saturated heterocycles. The predicted molar refractivity (Wildman–Crippen MR) is 236 cm³/mol. The lowest BCUT2D eigenvalue weighted by atomic mass is 9.47. The summed E-state index contributed by atoms with van der Waals surface area (Å²) in [5.41, 5.74) is 1.49. The third-order valence-corrected chi connectivity index (χ3v) is 19.1. The highest BCUT2D eigenvalue weighted by molar-refractivity contribution is 7.11. The summed E-state index contributed by atoms with van der Waals surface area (Å²) in [6.45, 7) is 10.8.